The first-order chi connectivity index (χ1) is 9.52. The summed E-state index contributed by atoms with van der Waals surface area (Å²) in [5.41, 5.74) is 8.76. The number of nitrogen functional groups attached to an aromatic ring is 1. The van der Waals surface area contributed by atoms with Crippen LogP contribution in [0.2, 0.25) is 0 Å². The van der Waals surface area contributed by atoms with Crippen molar-refractivity contribution in [2.24, 2.45) is 7.05 Å². The van der Waals surface area contributed by atoms with E-state index in [1.807, 2.05) is 14.0 Å². The molecule has 3 rings (SSSR count). The summed E-state index contributed by atoms with van der Waals surface area (Å²) in [5.74, 6) is 2.31. The van der Waals surface area contributed by atoms with Crippen LogP contribution in [0.4, 0.5) is 5.82 Å². The lowest BCUT2D eigenvalue weighted by Crippen LogP contribution is -2.05. The fourth-order valence-electron chi connectivity index (χ4n) is 2.35. The van der Waals surface area contributed by atoms with E-state index in [4.69, 9.17) is 15.5 Å². The molecular weight excluding hydrogens is 369 g/mol. The lowest BCUT2D eigenvalue weighted by molar-refractivity contribution is 0.374. The molecule has 0 spiro atoms. The van der Waals surface area contributed by atoms with Crippen molar-refractivity contribution in [3.8, 4) is 17.3 Å². The van der Waals surface area contributed by atoms with Gasteiger partial charge in [-0.05, 0) is 42.4 Å². The molecule has 0 aromatic carbocycles. The number of hydrogen-bond donors (Lipinski definition) is 1. The van der Waals surface area contributed by atoms with Crippen LogP contribution >= 0.6 is 22.6 Å². The lowest BCUT2D eigenvalue weighted by atomic mass is 10.2. The maximum absolute atomic E-state index is 6.05. The monoisotopic (exact) mass is 385 g/mol. The number of ether oxygens (including phenoxy) is 1. The maximum Gasteiger partial charge on any atom is 0.222 e. The second-order valence-corrected chi connectivity index (χ2v) is 6.08. The second kappa shape index (κ2) is 4.87. The lowest BCUT2D eigenvalue weighted by Gasteiger charge is -2.09. The van der Waals surface area contributed by atoms with E-state index in [0.29, 0.717) is 23.4 Å². The Morgan fingerprint density at radius 3 is 2.65 bits per heavy atom. The molecule has 1 fully saturated rings. The van der Waals surface area contributed by atoms with Crippen LogP contribution in [0.1, 0.15) is 30.1 Å². The smallest absolute Gasteiger partial charge is 0.222 e. The van der Waals surface area contributed by atoms with E-state index < -0.39 is 0 Å². The average molecular weight is 385 g/mol. The van der Waals surface area contributed by atoms with Gasteiger partial charge >= 0.3 is 0 Å². The Morgan fingerprint density at radius 2 is 2.05 bits per heavy atom. The summed E-state index contributed by atoms with van der Waals surface area (Å²) in [6.45, 7) is 1.92. The molecule has 2 aromatic rings. The van der Waals surface area contributed by atoms with E-state index in [1.54, 1.807) is 11.8 Å². The average Bonchev–Trinajstić information content (AvgIpc) is 3.18. The maximum atomic E-state index is 6.05. The summed E-state index contributed by atoms with van der Waals surface area (Å²) in [4.78, 5) is 9.14. The molecule has 0 bridgehead atoms. The van der Waals surface area contributed by atoms with Crippen molar-refractivity contribution >= 4 is 28.4 Å². The van der Waals surface area contributed by atoms with Crippen LogP contribution in [0, 0.1) is 10.5 Å². The third-order valence-corrected chi connectivity index (χ3v) is 4.56. The van der Waals surface area contributed by atoms with Crippen LogP contribution < -0.4 is 10.5 Å². The van der Waals surface area contributed by atoms with Gasteiger partial charge in [0.2, 0.25) is 5.88 Å². The number of nitrogens with zero attached hydrogens (tertiary/aromatic N) is 4. The van der Waals surface area contributed by atoms with Gasteiger partial charge in [0.05, 0.1) is 22.1 Å². The molecule has 0 unspecified atom stereocenters. The van der Waals surface area contributed by atoms with Crippen LogP contribution in [0.25, 0.3) is 11.4 Å². The standard InChI is InChI=1S/C13H16IN5O/c1-6-8(13(20-3)19(2)18-6)12-16-10(7-4-5-7)9(14)11(15)17-12/h7H,4-5H2,1-3H3,(H2,15,16,17). The summed E-state index contributed by atoms with van der Waals surface area (Å²) < 4.78 is 8.08. The van der Waals surface area contributed by atoms with Crippen LogP contribution in [-0.4, -0.2) is 26.9 Å². The Labute approximate surface area is 130 Å². The minimum atomic E-state index is 0.522. The van der Waals surface area contributed by atoms with E-state index in [9.17, 15) is 0 Å². The number of hydrogen-bond acceptors (Lipinski definition) is 5. The van der Waals surface area contributed by atoms with Crippen molar-refractivity contribution in [2.45, 2.75) is 25.7 Å². The van der Waals surface area contributed by atoms with E-state index in [2.05, 4.69) is 32.7 Å². The predicted octanol–water partition coefficient (Wildman–Crippen LogP) is 2.26. The molecule has 20 heavy (non-hydrogen) atoms. The predicted molar refractivity (Wildman–Crippen MR) is 84.6 cm³/mol. The molecule has 0 amide bonds. The molecule has 6 nitrogen and oxygen atoms in total. The van der Waals surface area contributed by atoms with Crippen molar-refractivity contribution < 1.29 is 4.74 Å². The molecule has 1 saturated carbocycles. The van der Waals surface area contributed by atoms with Gasteiger partial charge in [0.15, 0.2) is 5.82 Å². The van der Waals surface area contributed by atoms with Crippen LogP contribution in [0.5, 0.6) is 5.88 Å². The Kier molecular flexibility index (Phi) is 3.31. The molecule has 106 valence electrons. The van der Waals surface area contributed by atoms with Crippen molar-refractivity contribution in [1.82, 2.24) is 19.7 Å². The summed E-state index contributed by atoms with van der Waals surface area (Å²) in [5, 5.41) is 4.37. The van der Waals surface area contributed by atoms with Gasteiger partial charge in [-0.2, -0.15) is 5.10 Å². The fraction of sp³-hybridized carbons (Fsp3) is 0.462. The fourth-order valence-corrected chi connectivity index (χ4v) is 3.03. The first kappa shape index (κ1) is 13.6. The Bertz CT molecular complexity index is 678. The van der Waals surface area contributed by atoms with Crippen molar-refractivity contribution in [2.75, 3.05) is 12.8 Å². The second-order valence-electron chi connectivity index (χ2n) is 5.00. The summed E-state index contributed by atoms with van der Waals surface area (Å²) in [6.07, 6.45) is 2.35. The van der Waals surface area contributed by atoms with Crippen molar-refractivity contribution in [3.63, 3.8) is 0 Å². The molecule has 0 saturated heterocycles. The Morgan fingerprint density at radius 1 is 1.35 bits per heavy atom. The molecule has 0 aliphatic heterocycles. The largest absolute Gasteiger partial charge is 0.481 e. The first-order valence-corrected chi connectivity index (χ1v) is 7.51. The zero-order chi connectivity index (χ0) is 14.4. The van der Waals surface area contributed by atoms with Crippen LogP contribution in [-0.2, 0) is 7.05 Å². The van der Waals surface area contributed by atoms with E-state index >= 15 is 0 Å². The molecule has 2 N–H and O–H groups in total. The molecule has 2 heterocycles. The molecule has 7 heteroatoms. The molecule has 1 aliphatic rings. The van der Waals surface area contributed by atoms with Gasteiger partial charge in [-0.3, -0.25) is 0 Å². The van der Waals surface area contributed by atoms with Crippen LogP contribution in [0.3, 0.4) is 0 Å². The van der Waals surface area contributed by atoms with Gasteiger partial charge in [-0.1, -0.05) is 0 Å². The van der Waals surface area contributed by atoms with Crippen molar-refractivity contribution in [1.29, 1.82) is 0 Å². The van der Waals surface area contributed by atoms with Crippen molar-refractivity contribution in [3.05, 3.63) is 15.0 Å². The Hall–Kier alpha value is -1.38. The number of halogens is 1. The van der Waals surface area contributed by atoms with Gasteiger partial charge in [0, 0.05) is 13.0 Å². The number of nitrogens with two attached hydrogens (primary N) is 1. The first-order valence-electron chi connectivity index (χ1n) is 6.43. The number of aryl methyl sites for hydroxylation is 2. The number of methoxy groups -OCH3 is 1. The minimum absolute atomic E-state index is 0.522. The SMILES string of the molecule is COc1c(-c2nc(N)c(I)c(C3CC3)n2)c(C)nn1C. The zero-order valence-electron chi connectivity index (χ0n) is 11.6. The highest BCUT2D eigenvalue weighted by atomic mass is 127. The molecular formula is C13H16IN5O. The zero-order valence-corrected chi connectivity index (χ0v) is 13.8. The minimum Gasteiger partial charge on any atom is -0.481 e. The highest BCUT2D eigenvalue weighted by Crippen LogP contribution is 2.43. The number of anilines is 1. The Balaban J connectivity index is 2.20. The molecule has 0 radical (unpaired) electrons. The van der Waals surface area contributed by atoms with E-state index in [-0.39, 0.29) is 0 Å². The van der Waals surface area contributed by atoms with E-state index in [0.717, 1.165) is 20.5 Å². The normalized spacial score (nSPS) is 14.6. The van der Waals surface area contributed by atoms with Gasteiger partial charge in [0.25, 0.3) is 0 Å². The van der Waals surface area contributed by atoms with Crippen LogP contribution in [0.15, 0.2) is 0 Å². The van der Waals surface area contributed by atoms with Gasteiger partial charge in [0.1, 0.15) is 11.4 Å². The number of rotatable bonds is 3. The number of aromatic nitrogens is 4. The highest BCUT2D eigenvalue weighted by Gasteiger charge is 2.30. The third kappa shape index (κ3) is 2.13. The van der Waals surface area contributed by atoms with E-state index in [1.165, 1.54) is 12.8 Å². The molecule has 0 atom stereocenters. The summed E-state index contributed by atoms with van der Waals surface area (Å²) in [7, 11) is 3.46. The third-order valence-electron chi connectivity index (χ3n) is 3.45. The molecule has 1 aliphatic carbocycles. The summed E-state index contributed by atoms with van der Waals surface area (Å²) >= 11 is 2.23. The summed E-state index contributed by atoms with van der Waals surface area (Å²) in [6, 6.07) is 0. The van der Waals surface area contributed by atoms with Gasteiger partial charge in [-0.15, -0.1) is 0 Å². The highest BCUT2D eigenvalue weighted by molar-refractivity contribution is 14.1. The topological polar surface area (TPSA) is 78.8 Å². The van der Waals surface area contributed by atoms with Gasteiger partial charge in [-0.25, -0.2) is 14.6 Å². The van der Waals surface area contributed by atoms with Gasteiger partial charge < -0.3 is 10.5 Å². The quantitative estimate of drug-likeness (QED) is 0.821. The molecule has 2 aromatic heterocycles.